The standard InChI is InChI=1S/C79H149N2O7P/c1-7-10-13-16-19-22-25-27-29-31-33-35-37-39-40-42-44-46-48-50-52-54-57-60-63-66-69-72-79(83)88-77(70-67-64-61-58-55-24-21-18-15-12-9-3)76(75-87-89(84,85)86-74-73-81(4,5)6)80-78(82)71-68-65-62-59-56-53-51-49-47-45-43-41-38-36-34-32-30-28-26-23-20-17-14-11-8-2/h19,22,27,29,33,35,39-40,67,70,76-77H,7-18,20-21,23-26,28,30-32,34,36-38,41-66,68-69,71-75H2,1-6H3,(H-,80,82,84,85)/b22-19-,29-27-,35-33-,40-39-,70-67+. The zero-order chi connectivity index (χ0) is 64.9. The fourth-order valence-electron chi connectivity index (χ4n) is 11.5. The van der Waals surface area contributed by atoms with Crippen LogP contribution in [0.5, 0.6) is 0 Å². The van der Waals surface area contributed by atoms with Crippen LogP contribution in [-0.2, 0) is 27.9 Å². The van der Waals surface area contributed by atoms with Gasteiger partial charge in [0.05, 0.1) is 33.8 Å². The van der Waals surface area contributed by atoms with Crippen LogP contribution in [0.25, 0.3) is 0 Å². The molecule has 0 aromatic carbocycles. The van der Waals surface area contributed by atoms with Gasteiger partial charge in [0.2, 0.25) is 5.91 Å². The zero-order valence-electron chi connectivity index (χ0n) is 59.9. The third kappa shape index (κ3) is 69.9. The molecule has 0 saturated carbocycles. The fraction of sp³-hybridized carbons (Fsp3) is 0.848. The molecule has 0 aliphatic rings. The Hall–Kier alpha value is -2.29. The van der Waals surface area contributed by atoms with Crippen molar-refractivity contribution in [2.24, 2.45) is 0 Å². The van der Waals surface area contributed by atoms with Gasteiger partial charge in [-0.1, -0.05) is 352 Å². The van der Waals surface area contributed by atoms with Crippen LogP contribution in [-0.4, -0.2) is 69.4 Å². The van der Waals surface area contributed by atoms with Gasteiger partial charge < -0.3 is 28.5 Å². The summed E-state index contributed by atoms with van der Waals surface area (Å²) in [6.45, 7) is 6.87. The maximum atomic E-state index is 13.6. The normalized spacial score (nSPS) is 13.7. The zero-order valence-corrected chi connectivity index (χ0v) is 60.8. The van der Waals surface area contributed by atoms with E-state index >= 15 is 0 Å². The molecule has 0 aliphatic heterocycles. The summed E-state index contributed by atoms with van der Waals surface area (Å²) in [6, 6.07) is -0.889. The SMILES string of the molecule is CCCCC/C=C\C/C=C\C/C=C\C/C=C\CCCCCCCCCCCCCC(=O)OC(/C=C/CCCCCCCCCCC)C(COP(=O)([O-])OCC[N+](C)(C)C)NC(=O)CCCCCCCCCCCCCCCCCCCCCCCCCCC. The van der Waals surface area contributed by atoms with Crippen molar-refractivity contribution in [2.45, 2.75) is 392 Å². The Kier molecular flexibility index (Phi) is 66.8. The quantitative estimate of drug-likeness (QED) is 0.0212. The van der Waals surface area contributed by atoms with Crippen molar-refractivity contribution in [1.82, 2.24) is 5.32 Å². The predicted octanol–water partition coefficient (Wildman–Crippen LogP) is 24.3. The second kappa shape index (κ2) is 68.6. The van der Waals surface area contributed by atoms with Gasteiger partial charge in [-0.25, -0.2) is 0 Å². The lowest BCUT2D eigenvalue weighted by Crippen LogP contribution is -2.47. The van der Waals surface area contributed by atoms with Crippen molar-refractivity contribution in [2.75, 3.05) is 40.9 Å². The lowest BCUT2D eigenvalue weighted by atomic mass is 10.0. The fourth-order valence-corrected chi connectivity index (χ4v) is 12.2. The van der Waals surface area contributed by atoms with Crippen molar-refractivity contribution in [1.29, 1.82) is 0 Å². The van der Waals surface area contributed by atoms with Gasteiger partial charge in [0.15, 0.2) is 0 Å². The third-order valence-electron chi connectivity index (χ3n) is 17.5. The number of quaternary nitrogens is 1. The minimum absolute atomic E-state index is 0.0216. The molecular formula is C79H149N2O7P. The smallest absolute Gasteiger partial charge is 0.306 e. The summed E-state index contributed by atoms with van der Waals surface area (Å²) < 4.78 is 30.5. The highest BCUT2D eigenvalue weighted by Gasteiger charge is 2.27. The molecule has 1 amide bonds. The Morgan fingerprint density at radius 2 is 0.685 bits per heavy atom. The van der Waals surface area contributed by atoms with Crippen LogP contribution < -0.4 is 10.2 Å². The highest BCUT2D eigenvalue weighted by atomic mass is 31.2. The number of phosphoric ester groups is 1. The first kappa shape index (κ1) is 86.7. The Balaban J connectivity index is 4.91. The summed E-state index contributed by atoms with van der Waals surface area (Å²) in [6.07, 6.45) is 89.3. The number of nitrogens with one attached hydrogen (secondary N) is 1. The van der Waals surface area contributed by atoms with E-state index in [2.05, 4.69) is 74.7 Å². The van der Waals surface area contributed by atoms with E-state index in [9.17, 15) is 19.0 Å². The molecule has 522 valence electrons. The van der Waals surface area contributed by atoms with Gasteiger partial charge in [0, 0.05) is 12.8 Å². The summed E-state index contributed by atoms with van der Waals surface area (Å²) >= 11 is 0. The van der Waals surface area contributed by atoms with E-state index in [4.69, 9.17) is 13.8 Å². The molecule has 0 heterocycles. The van der Waals surface area contributed by atoms with Gasteiger partial charge in [-0.05, 0) is 76.7 Å². The third-order valence-corrected chi connectivity index (χ3v) is 18.4. The minimum Gasteiger partial charge on any atom is -0.756 e. The molecule has 0 bridgehead atoms. The topological polar surface area (TPSA) is 114 Å². The maximum Gasteiger partial charge on any atom is 0.306 e. The summed E-state index contributed by atoms with van der Waals surface area (Å²) in [5.41, 5.74) is 0. The van der Waals surface area contributed by atoms with Gasteiger partial charge in [-0.15, -0.1) is 0 Å². The summed E-state index contributed by atoms with van der Waals surface area (Å²) in [4.78, 5) is 40.3. The van der Waals surface area contributed by atoms with E-state index in [0.29, 0.717) is 17.4 Å². The average molecular weight is 1270 g/mol. The van der Waals surface area contributed by atoms with E-state index < -0.39 is 20.0 Å². The molecule has 0 aromatic heterocycles. The number of carbonyl (C=O) groups excluding carboxylic acids is 2. The van der Waals surface area contributed by atoms with E-state index in [1.54, 1.807) is 0 Å². The summed E-state index contributed by atoms with van der Waals surface area (Å²) in [7, 11) is 1.20. The molecule has 0 rings (SSSR count). The van der Waals surface area contributed by atoms with Crippen molar-refractivity contribution >= 4 is 19.7 Å². The monoisotopic (exact) mass is 1270 g/mol. The number of nitrogens with zero attached hydrogens (tertiary/aromatic N) is 1. The number of phosphoric acid groups is 1. The number of hydrogen-bond donors (Lipinski definition) is 1. The van der Waals surface area contributed by atoms with Crippen LogP contribution >= 0.6 is 7.82 Å². The molecule has 0 spiro atoms. The van der Waals surface area contributed by atoms with Crippen molar-refractivity contribution in [3.63, 3.8) is 0 Å². The van der Waals surface area contributed by atoms with E-state index in [0.717, 1.165) is 77.0 Å². The number of carbonyl (C=O) groups is 2. The van der Waals surface area contributed by atoms with Gasteiger partial charge in [-0.2, -0.15) is 0 Å². The van der Waals surface area contributed by atoms with Gasteiger partial charge in [-0.3, -0.25) is 14.2 Å². The lowest BCUT2D eigenvalue weighted by molar-refractivity contribution is -0.870. The largest absolute Gasteiger partial charge is 0.756 e. The molecule has 0 saturated heterocycles. The Morgan fingerprint density at radius 1 is 0.393 bits per heavy atom. The number of ether oxygens (including phenoxy) is 1. The minimum atomic E-state index is -4.71. The summed E-state index contributed by atoms with van der Waals surface area (Å²) in [5.74, 6) is -0.527. The molecule has 3 unspecified atom stereocenters. The average Bonchev–Trinajstić information content (AvgIpc) is 3.71. The number of allylic oxidation sites excluding steroid dienone is 9. The van der Waals surface area contributed by atoms with Crippen molar-refractivity contribution in [3.05, 3.63) is 60.8 Å². The number of hydrogen-bond acceptors (Lipinski definition) is 7. The number of esters is 1. The van der Waals surface area contributed by atoms with Gasteiger partial charge >= 0.3 is 5.97 Å². The molecule has 0 fully saturated rings. The molecule has 0 radical (unpaired) electrons. The molecule has 3 atom stereocenters. The lowest BCUT2D eigenvalue weighted by Gasteiger charge is -2.30. The molecule has 10 heteroatoms. The van der Waals surface area contributed by atoms with E-state index in [1.807, 2.05) is 33.3 Å². The van der Waals surface area contributed by atoms with Crippen LogP contribution in [0.2, 0.25) is 0 Å². The van der Waals surface area contributed by atoms with E-state index in [1.165, 1.54) is 270 Å². The Bertz CT molecular complexity index is 1700. The molecular weight excluding hydrogens is 1120 g/mol. The molecule has 89 heavy (non-hydrogen) atoms. The first-order valence-corrected chi connectivity index (χ1v) is 40.1. The van der Waals surface area contributed by atoms with Crippen LogP contribution in [0.4, 0.5) is 0 Å². The number of likely N-dealkylation sites (N-methyl/N-ethyl adjacent to an activating group) is 1. The number of rotatable bonds is 71. The van der Waals surface area contributed by atoms with Crippen LogP contribution in [0.15, 0.2) is 60.8 Å². The highest BCUT2D eigenvalue weighted by molar-refractivity contribution is 7.45. The number of unbranched alkanes of at least 4 members (excludes halogenated alkanes) is 47. The Labute approximate surface area is 553 Å². The molecule has 1 N–H and O–H groups in total. The van der Waals surface area contributed by atoms with Crippen LogP contribution in [0.3, 0.4) is 0 Å². The van der Waals surface area contributed by atoms with Crippen LogP contribution in [0, 0.1) is 0 Å². The molecule has 0 aliphatic carbocycles. The molecule has 0 aromatic rings. The predicted molar refractivity (Wildman–Crippen MR) is 385 cm³/mol. The first-order valence-electron chi connectivity index (χ1n) is 38.6. The Morgan fingerprint density at radius 3 is 1.04 bits per heavy atom. The van der Waals surface area contributed by atoms with E-state index in [-0.39, 0.29) is 31.5 Å². The molecule has 9 nitrogen and oxygen atoms in total. The first-order chi connectivity index (χ1) is 43.4. The highest BCUT2D eigenvalue weighted by Crippen LogP contribution is 2.38. The second-order valence-corrected chi connectivity index (χ2v) is 28.9. The van der Waals surface area contributed by atoms with Crippen molar-refractivity contribution in [3.8, 4) is 0 Å². The van der Waals surface area contributed by atoms with Gasteiger partial charge in [0.1, 0.15) is 19.3 Å². The maximum absolute atomic E-state index is 13.6. The second-order valence-electron chi connectivity index (χ2n) is 27.5. The van der Waals surface area contributed by atoms with Crippen molar-refractivity contribution < 1.29 is 37.3 Å². The van der Waals surface area contributed by atoms with Crippen LogP contribution in [0.1, 0.15) is 380 Å². The van der Waals surface area contributed by atoms with Gasteiger partial charge in [0.25, 0.3) is 7.82 Å². The number of amides is 1. The summed E-state index contributed by atoms with van der Waals surface area (Å²) in [5, 5.41) is 3.05.